The Hall–Kier alpha value is -0.960. The smallest absolute Gasteiger partial charge is 0.103 e. The number of aliphatic imine (C=N–C) groups is 1. The van der Waals surface area contributed by atoms with Crippen molar-refractivity contribution in [3.63, 3.8) is 0 Å². The van der Waals surface area contributed by atoms with Crippen molar-refractivity contribution in [2.24, 2.45) is 16.6 Å². The van der Waals surface area contributed by atoms with E-state index in [4.69, 9.17) is 5.73 Å². The highest BCUT2D eigenvalue weighted by atomic mass is 32.2. The Balaban J connectivity index is 2.16. The lowest BCUT2D eigenvalue weighted by Gasteiger charge is -2.21. The highest BCUT2D eigenvalue weighted by molar-refractivity contribution is 7.98. The third kappa shape index (κ3) is 3.25. The summed E-state index contributed by atoms with van der Waals surface area (Å²) in [6.07, 6.45) is 8.43. The molecule has 0 saturated heterocycles. The monoisotopic (exact) mass is 248 g/mol. The second-order valence-corrected chi connectivity index (χ2v) is 5.39. The van der Waals surface area contributed by atoms with Gasteiger partial charge in [-0.25, -0.2) is 4.99 Å². The zero-order valence-corrected chi connectivity index (χ0v) is 11.2. The molecule has 1 aliphatic rings. The summed E-state index contributed by atoms with van der Waals surface area (Å²) >= 11 is 1.72. The zero-order chi connectivity index (χ0) is 12.1. The number of hydrogen-bond acceptors (Lipinski definition) is 2. The van der Waals surface area contributed by atoms with E-state index in [1.807, 2.05) is 18.2 Å². The first-order valence-electron chi connectivity index (χ1n) is 6.28. The molecular formula is C14H20N2S. The van der Waals surface area contributed by atoms with E-state index in [2.05, 4.69) is 17.3 Å². The minimum absolute atomic E-state index is 0.499. The third-order valence-corrected chi connectivity index (χ3v) is 4.14. The molecule has 0 amide bonds. The van der Waals surface area contributed by atoms with Gasteiger partial charge in [0.05, 0.1) is 5.69 Å². The van der Waals surface area contributed by atoms with Crippen molar-refractivity contribution in [2.45, 2.75) is 37.0 Å². The van der Waals surface area contributed by atoms with Crippen molar-refractivity contribution in [2.75, 3.05) is 6.26 Å². The molecule has 0 radical (unpaired) electrons. The first-order chi connectivity index (χ1) is 8.31. The Bertz CT molecular complexity index is 395. The molecule has 2 nitrogen and oxygen atoms in total. The molecule has 1 aliphatic carbocycles. The van der Waals surface area contributed by atoms with Crippen LogP contribution in [0.5, 0.6) is 0 Å². The molecule has 2 rings (SSSR count). The summed E-state index contributed by atoms with van der Waals surface area (Å²) in [7, 11) is 0. The largest absolute Gasteiger partial charge is 0.387 e. The molecule has 0 unspecified atom stereocenters. The van der Waals surface area contributed by atoms with E-state index in [1.165, 1.54) is 37.0 Å². The molecule has 1 saturated carbocycles. The lowest BCUT2D eigenvalue weighted by Crippen LogP contribution is -2.25. The van der Waals surface area contributed by atoms with Crippen LogP contribution in [0.25, 0.3) is 0 Å². The van der Waals surface area contributed by atoms with Crippen molar-refractivity contribution in [3.05, 3.63) is 24.3 Å². The molecule has 1 aromatic carbocycles. The molecule has 0 aliphatic heterocycles. The molecule has 92 valence electrons. The number of benzene rings is 1. The van der Waals surface area contributed by atoms with Crippen LogP contribution < -0.4 is 5.73 Å². The summed E-state index contributed by atoms with van der Waals surface area (Å²) in [6.45, 7) is 0. The first kappa shape index (κ1) is 12.5. The van der Waals surface area contributed by atoms with Crippen LogP contribution >= 0.6 is 11.8 Å². The number of amidine groups is 1. The van der Waals surface area contributed by atoms with Crippen molar-refractivity contribution < 1.29 is 0 Å². The number of nitrogens with two attached hydrogens (primary N) is 1. The minimum Gasteiger partial charge on any atom is -0.387 e. The zero-order valence-electron chi connectivity index (χ0n) is 10.4. The SMILES string of the molecule is CSc1ccccc1N=C(N)C1CCCCC1. The molecule has 1 aromatic rings. The molecule has 1 fully saturated rings. The van der Waals surface area contributed by atoms with Crippen LogP contribution in [0.15, 0.2) is 34.2 Å². The van der Waals surface area contributed by atoms with Crippen molar-refractivity contribution in [1.82, 2.24) is 0 Å². The average molecular weight is 248 g/mol. The standard InChI is InChI=1S/C14H20N2S/c1-17-13-10-6-5-9-12(13)16-14(15)11-7-3-2-4-8-11/h5-6,9-11H,2-4,7-8H2,1H3,(H2,15,16). The highest BCUT2D eigenvalue weighted by Crippen LogP contribution is 2.29. The summed E-state index contributed by atoms with van der Waals surface area (Å²) in [5.74, 6) is 1.32. The fourth-order valence-corrected chi connectivity index (χ4v) is 2.89. The highest BCUT2D eigenvalue weighted by Gasteiger charge is 2.17. The maximum atomic E-state index is 6.14. The van der Waals surface area contributed by atoms with Crippen molar-refractivity contribution in [1.29, 1.82) is 0 Å². The van der Waals surface area contributed by atoms with Gasteiger partial charge in [-0.2, -0.15) is 0 Å². The van der Waals surface area contributed by atoms with Crippen LogP contribution in [0.2, 0.25) is 0 Å². The maximum Gasteiger partial charge on any atom is 0.103 e. The van der Waals surface area contributed by atoms with Gasteiger partial charge >= 0.3 is 0 Å². The van der Waals surface area contributed by atoms with Gasteiger partial charge in [0.25, 0.3) is 0 Å². The fraction of sp³-hybridized carbons (Fsp3) is 0.500. The van der Waals surface area contributed by atoms with Gasteiger partial charge in [0.1, 0.15) is 5.84 Å². The summed E-state index contributed by atoms with van der Waals surface area (Å²) in [5, 5.41) is 0. The second-order valence-electron chi connectivity index (χ2n) is 4.54. The summed E-state index contributed by atoms with van der Waals surface area (Å²) in [4.78, 5) is 5.83. The third-order valence-electron chi connectivity index (χ3n) is 3.36. The Morgan fingerprint density at radius 1 is 1.24 bits per heavy atom. The number of rotatable bonds is 3. The van der Waals surface area contributed by atoms with Crippen LogP contribution in [-0.2, 0) is 0 Å². The average Bonchev–Trinajstić information content (AvgIpc) is 2.40. The topological polar surface area (TPSA) is 38.4 Å². The second kappa shape index (κ2) is 6.10. The predicted octanol–water partition coefficient (Wildman–Crippen LogP) is 3.98. The maximum absolute atomic E-state index is 6.14. The summed E-state index contributed by atoms with van der Waals surface area (Å²) in [5.41, 5.74) is 7.16. The predicted molar refractivity (Wildman–Crippen MR) is 76.1 cm³/mol. The summed E-state index contributed by atoms with van der Waals surface area (Å²) < 4.78 is 0. The molecular weight excluding hydrogens is 228 g/mol. The van der Waals surface area contributed by atoms with Crippen molar-refractivity contribution >= 4 is 23.3 Å². The van der Waals surface area contributed by atoms with Crippen LogP contribution in [0, 0.1) is 5.92 Å². The molecule has 0 bridgehead atoms. The van der Waals surface area contributed by atoms with E-state index in [-0.39, 0.29) is 0 Å². The number of para-hydroxylation sites is 1. The van der Waals surface area contributed by atoms with E-state index < -0.39 is 0 Å². The number of hydrogen-bond donors (Lipinski definition) is 1. The quantitative estimate of drug-likeness (QED) is 0.499. The van der Waals surface area contributed by atoms with Gasteiger partial charge in [0, 0.05) is 10.8 Å². The Morgan fingerprint density at radius 3 is 2.65 bits per heavy atom. The Morgan fingerprint density at radius 2 is 1.94 bits per heavy atom. The molecule has 3 heteroatoms. The van der Waals surface area contributed by atoms with Crippen LogP contribution in [0.3, 0.4) is 0 Å². The Labute approximate surface area is 108 Å². The fourth-order valence-electron chi connectivity index (χ4n) is 2.35. The van der Waals surface area contributed by atoms with E-state index in [0.717, 1.165) is 11.5 Å². The first-order valence-corrected chi connectivity index (χ1v) is 7.51. The number of thioether (sulfide) groups is 1. The van der Waals surface area contributed by atoms with Gasteiger partial charge in [0.2, 0.25) is 0 Å². The molecule has 0 aromatic heterocycles. The van der Waals surface area contributed by atoms with Crippen LogP contribution in [0.1, 0.15) is 32.1 Å². The van der Waals surface area contributed by atoms with Gasteiger partial charge in [-0.3, -0.25) is 0 Å². The Kier molecular flexibility index (Phi) is 4.49. The van der Waals surface area contributed by atoms with Gasteiger partial charge < -0.3 is 5.73 Å². The molecule has 2 N–H and O–H groups in total. The van der Waals surface area contributed by atoms with Crippen LogP contribution in [0.4, 0.5) is 5.69 Å². The van der Waals surface area contributed by atoms with Gasteiger partial charge in [-0.05, 0) is 31.2 Å². The molecule has 0 atom stereocenters. The lowest BCUT2D eigenvalue weighted by atomic mass is 9.88. The van der Waals surface area contributed by atoms with E-state index in [1.54, 1.807) is 11.8 Å². The van der Waals surface area contributed by atoms with Crippen molar-refractivity contribution in [3.8, 4) is 0 Å². The normalized spacial score (nSPS) is 18.3. The summed E-state index contributed by atoms with van der Waals surface area (Å²) in [6, 6.07) is 8.20. The van der Waals surface area contributed by atoms with E-state index >= 15 is 0 Å². The molecule has 0 heterocycles. The van der Waals surface area contributed by atoms with Crippen LogP contribution in [-0.4, -0.2) is 12.1 Å². The lowest BCUT2D eigenvalue weighted by molar-refractivity contribution is 0.437. The molecule has 0 spiro atoms. The van der Waals surface area contributed by atoms with Gasteiger partial charge in [-0.1, -0.05) is 31.4 Å². The van der Waals surface area contributed by atoms with Gasteiger partial charge in [-0.15, -0.1) is 11.8 Å². The molecule has 17 heavy (non-hydrogen) atoms. The number of nitrogens with zero attached hydrogens (tertiary/aromatic N) is 1. The minimum atomic E-state index is 0.499. The van der Waals surface area contributed by atoms with Gasteiger partial charge in [0.15, 0.2) is 0 Å². The van der Waals surface area contributed by atoms with E-state index in [9.17, 15) is 0 Å². The van der Waals surface area contributed by atoms with E-state index in [0.29, 0.717) is 5.92 Å².